The van der Waals surface area contributed by atoms with E-state index in [1.165, 1.54) is 55.6 Å². The van der Waals surface area contributed by atoms with Gasteiger partial charge in [-0.1, -0.05) is 42.5 Å². The zero-order valence-corrected chi connectivity index (χ0v) is 15.0. The molecule has 132 valence electrons. The normalized spacial score (nSPS) is 20.8. The fraction of sp³-hybridized carbons (Fsp3) is 0.455. The quantitative estimate of drug-likeness (QED) is 0.927. The molecule has 2 aliphatic heterocycles. The average molecular weight is 335 g/mol. The first-order valence-corrected chi connectivity index (χ1v) is 9.70. The largest absolute Gasteiger partial charge is 0.371 e. The van der Waals surface area contributed by atoms with E-state index in [0.717, 1.165) is 19.1 Å². The summed E-state index contributed by atoms with van der Waals surface area (Å²) >= 11 is 0. The minimum Gasteiger partial charge on any atom is -0.371 e. The lowest BCUT2D eigenvalue weighted by molar-refractivity contribution is 0.133. The smallest absolute Gasteiger partial charge is 0.0372 e. The lowest BCUT2D eigenvalue weighted by Gasteiger charge is -2.42. The van der Waals surface area contributed by atoms with E-state index in [4.69, 9.17) is 5.73 Å². The van der Waals surface area contributed by atoms with Gasteiger partial charge < -0.3 is 15.5 Å². The topological polar surface area (TPSA) is 32.5 Å². The minimum absolute atomic E-state index is 0.428. The van der Waals surface area contributed by atoms with Crippen LogP contribution in [0.4, 0.5) is 5.69 Å². The van der Waals surface area contributed by atoms with Crippen LogP contribution in [0.2, 0.25) is 0 Å². The second-order valence-corrected chi connectivity index (χ2v) is 7.51. The fourth-order valence-corrected chi connectivity index (χ4v) is 4.29. The lowest BCUT2D eigenvalue weighted by Crippen LogP contribution is -2.49. The van der Waals surface area contributed by atoms with Gasteiger partial charge in [-0.25, -0.2) is 0 Å². The molecule has 0 saturated carbocycles. The van der Waals surface area contributed by atoms with Gasteiger partial charge in [0, 0.05) is 30.9 Å². The minimum atomic E-state index is 0.428. The average Bonchev–Trinajstić information content (AvgIpc) is 2.70. The number of benzene rings is 2. The third-order valence-corrected chi connectivity index (χ3v) is 5.87. The van der Waals surface area contributed by atoms with Crippen LogP contribution >= 0.6 is 0 Å². The van der Waals surface area contributed by atoms with Gasteiger partial charge in [0.05, 0.1) is 0 Å². The number of piperidine rings is 2. The van der Waals surface area contributed by atoms with Gasteiger partial charge in [0.15, 0.2) is 0 Å². The molecule has 0 amide bonds. The third-order valence-electron chi connectivity index (χ3n) is 5.87. The molecule has 3 nitrogen and oxygen atoms in total. The maximum atomic E-state index is 6.05. The van der Waals surface area contributed by atoms with Crippen molar-refractivity contribution in [3.05, 3.63) is 54.6 Å². The molecule has 2 aromatic rings. The van der Waals surface area contributed by atoms with E-state index in [1.54, 1.807) is 0 Å². The van der Waals surface area contributed by atoms with Crippen molar-refractivity contribution in [3.8, 4) is 11.1 Å². The highest BCUT2D eigenvalue weighted by Crippen LogP contribution is 2.28. The molecule has 2 fully saturated rings. The van der Waals surface area contributed by atoms with Gasteiger partial charge in [0.2, 0.25) is 0 Å². The van der Waals surface area contributed by atoms with Crippen LogP contribution in [-0.4, -0.2) is 43.2 Å². The van der Waals surface area contributed by atoms with Crippen LogP contribution in [0.25, 0.3) is 11.1 Å². The van der Waals surface area contributed by atoms with Gasteiger partial charge in [0.25, 0.3) is 0 Å². The van der Waals surface area contributed by atoms with E-state index in [2.05, 4.69) is 64.4 Å². The van der Waals surface area contributed by atoms with E-state index < -0.39 is 0 Å². The molecule has 2 aliphatic rings. The summed E-state index contributed by atoms with van der Waals surface area (Å²) in [6.07, 6.45) is 4.87. The molecule has 0 spiro atoms. The summed E-state index contributed by atoms with van der Waals surface area (Å²) in [4.78, 5) is 5.24. The summed E-state index contributed by atoms with van der Waals surface area (Å²) in [5.41, 5.74) is 10.0. The van der Waals surface area contributed by atoms with Crippen molar-refractivity contribution in [3.63, 3.8) is 0 Å². The van der Waals surface area contributed by atoms with E-state index in [0.29, 0.717) is 6.04 Å². The first-order valence-electron chi connectivity index (χ1n) is 9.70. The lowest BCUT2D eigenvalue weighted by atomic mass is 9.97. The zero-order chi connectivity index (χ0) is 17.1. The Kier molecular flexibility index (Phi) is 5.04. The molecule has 0 unspecified atom stereocenters. The molecule has 0 aliphatic carbocycles. The van der Waals surface area contributed by atoms with E-state index in [9.17, 15) is 0 Å². The zero-order valence-electron chi connectivity index (χ0n) is 15.0. The molecule has 2 N–H and O–H groups in total. The number of hydrogen-bond acceptors (Lipinski definition) is 3. The molecule has 0 atom stereocenters. The number of nitrogens with two attached hydrogens (primary N) is 1. The van der Waals surface area contributed by atoms with E-state index in [-0.39, 0.29) is 0 Å². The van der Waals surface area contributed by atoms with Gasteiger partial charge in [-0.05, 0) is 62.0 Å². The van der Waals surface area contributed by atoms with Crippen LogP contribution in [-0.2, 0) is 0 Å². The molecule has 2 saturated heterocycles. The summed E-state index contributed by atoms with van der Waals surface area (Å²) < 4.78 is 0. The highest BCUT2D eigenvalue weighted by molar-refractivity contribution is 5.68. The second kappa shape index (κ2) is 7.59. The number of anilines is 1. The van der Waals surface area contributed by atoms with Crippen LogP contribution in [0.15, 0.2) is 54.6 Å². The summed E-state index contributed by atoms with van der Waals surface area (Å²) in [6.45, 7) is 4.70. The number of rotatable bonds is 3. The van der Waals surface area contributed by atoms with Crippen LogP contribution in [0, 0.1) is 0 Å². The molecule has 2 heterocycles. The Morgan fingerprint density at radius 3 is 2.12 bits per heavy atom. The first-order chi connectivity index (χ1) is 12.3. The molecular weight excluding hydrogens is 306 g/mol. The molecule has 2 aromatic carbocycles. The molecule has 4 rings (SSSR count). The monoisotopic (exact) mass is 335 g/mol. The van der Waals surface area contributed by atoms with Gasteiger partial charge in [-0.3, -0.25) is 0 Å². The van der Waals surface area contributed by atoms with Crippen molar-refractivity contribution in [2.45, 2.75) is 37.8 Å². The number of likely N-dealkylation sites (tertiary alicyclic amines) is 1. The predicted molar refractivity (Wildman–Crippen MR) is 106 cm³/mol. The van der Waals surface area contributed by atoms with Crippen molar-refractivity contribution in [2.75, 3.05) is 31.1 Å². The number of nitrogens with zero attached hydrogens (tertiary/aromatic N) is 2. The SMILES string of the molecule is NC1CCN(C2CCN(c3cccc(-c4ccccc4)c3)CC2)CC1. The van der Waals surface area contributed by atoms with E-state index >= 15 is 0 Å². The van der Waals surface area contributed by atoms with Gasteiger partial charge in [0.1, 0.15) is 0 Å². The summed E-state index contributed by atoms with van der Waals surface area (Å²) in [7, 11) is 0. The number of hydrogen-bond donors (Lipinski definition) is 1. The Hall–Kier alpha value is -1.84. The van der Waals surface area contributed by atoms with Gasteiger partial charge >= 0.3 is 0 Å². The van der Waals surface area contributed by atoms with Gasteiger partial charge in [-0.15, -0.1) is 0 Å². The van der Waals surface area contributed by atoms with Gasteiger partial charge in [-0.2, -0.15) is 0 Å². The van der Waals surface area contributed by atoms with Crippen molar-refractivity contribution in [1.29, 1.82) is 0 Å². The second-order valence-electron chi connectivity index (χ2n) is 7.51. The summed E-state index contributed by atoms with van der Waals surface area (Å²) in [5, 5.41) is 0. The third kappa shape index (κ3) is 3.88. The highest BCUT2D eigenvalue weighted by Gasteiger charge is 2.27. The first kappa shape index (κ1) is 16.6. The van der Waals surface area contributed by atoms with Crippen LogP contribution in [0.1, 0.15) is 25.7 Å². The molecule has 0 aromatic heterocycles. The highest BCUT2D eigenvalue weighted by atomic mass is 15.2. The Labute approximate surface area is 151 Å². The maximum Gasteiger partial charge on any atom is 0.0372 e. The Bertz CT molecular complexity index is 669. The Balaban J connectivity index is 1.39. The predicted octanol–water partition coefficient (Wildman–Crippen LogP) is 3.75. The molecule has 25 heavy (non-hydrogen) atoms. The van der Waals surface area contributed by atoms with Crippen molar-refractivity contribution in [2.24, 2.45) is 5.73 Å². The van der Waals surface area contributed by atoms with Crippen molar-refractivity contribution in [1.82, 2.24) is 4.90 Å². The summed E-state index contributed by atoms with van der Waals surface area (Å²) in [6, 6.07) is 20.8. The molecule has 3 heteroatoms. The van der Waals surface area contributed by atoms with Crippen molar-refractivity contribution < 1.29 is 0 Å². The molecule has 0 bridgehead atoms. The summed E-state index contributed by atoms with van der Waals surface area (Å²) in [5.74, 6) is 0. The van der Waals surface area contributed by atoms with Crippen LogP contribution in [0.5, 0.6) is 0 Å². The van der Waals surface area contributed by atoms with Crippen molar-refractivity contribution >= 4 is 5.69 Å². The Morgan fingerprint density at radius 2 is 1.40 bits per heavy atom. The van der Waals surface area contributed by atoms with Crippen LogP contribution < -0.4 is 10.6 Å². The molecule has 0 radical (unpaired) electrons. The van der Waals surface area contributed by atoms with E-state index in [1.807, 2.05) is 0 Å². The fourth-order valence-electron chi connectivity index (χ4n) is 4.29. The maximum absolute atomic E-state index is 6.05. The Morgan fingerprint density at radius 1 is 0.720 bits per heavy atom. The standard InChI is InChI=1S/C22H29N3/c23-20-9-13-24(14-10-20)21-11-15-25(16-12-21)22-8-4-7-19(17-22)18-5-2-1-3-6-18/h1-8,17,20-21H,9-16,23H2. The van der Waals surface area contributed by atoms with Crippen LogP contribution in [0.3, 0.4) is 0 Å². The molecular formula is C22H29N3.